The number of rotatable bonds is 20. The summed E-state index contributed by atoms with van der Waals surface area (Å²) in [4.78, 5) is 19.1. The van der Waals surface area contributed by atoms with Gasteiger partial charge in [0.05, 0.1) is 25.7 Å². The van der Waals surface area contributed by atoms with E-state index in [0.29, 0.717) is 19.5 Å². The van der Waals surface area contributed by atoms with Crippen LogP contribution in [0.5, 0.6) is 0 Å². The van der Waals surface area contributed by atoms with Crippen molar-refractivity contribution in [2.75, 3.05) is 26.3 Å². The Morgan fingerprint density at radius 1 is 0.857 bits per heavy atom. The van der Waals surface area contributed by atoms with Gasteiger partial charge in [0, 0.05) is 6.42 Å². The summed E-state index contributed by atoms with van der Waals surface area (Å²) in [5.74, 6) is -0.153. The number of carbonyl (C=O) groups excluding carboxylic acids is 1. The largest absolute Gasteiger partial charge is 0.464 e. The van der Waals surface area contributed by atoms with Gasteiger partial charge in [0.1, 0.15) is 6.61 Å². The van der Waals surface area contributed by atoms with E-state index < -0.39 is 0 Å². The lowest BCUT2D eigenvalue weighted by Crippen LogP contribution is -2.07. The lowest BCUT2D eigenvalue weighted by Gasteiger charge is -2.02. The predicted octanol–water partition coefficient (Wildman–Crippen LogP) is 5.73. The van der Waals surface area contributed by atoms with Crippen LogP contribution < -0.4 is 0 Å². The van der Waals surface area contributed by atoms with Gasteiger partial charge in [-0.3, -0.25) is 4.79 Å². The number of hydrogen-bond acceptors (Lipinski definition) is 5. The van der Waals surface area contributed by atoms with Crippen LogP contribution in [0, 0.1) is 0 Å². The van der Waals surface area contributed by atoms with E-state index in [-0.39, 0.29) is 19.2 Å². The first-order valence-corrected chi connectivity index (χ1v) is 11.3. The van der Waals surface area contributed by atoms with Crippen molar-refractivity contribution < 1.29 is 14.6 Å². The molecule has 28 heavy (non-hydrogen) atoms. The van der Waals surface area contributed by atoms with Crippen LogP contribution >= 0.6 is 0 Å². The quantitative estimate of drug-likeness (QED) is 0.124. The summed E-state index contributed by atoms with van der Waals surface area (Å²) in [6.07, 6.45) is 21.4. The maximum atomic E-state index is 11.6. The normalized spacial score (nSPS) is 10.8. The molecule has 0 amide bonds. The Bertz CT molecular complexity index is 430. The molecule has 0 aromatic heterocycles. The van der Waals surface area contributed by atoms with Crippen molar-refractivity contribution in [3.63, 3.8) is 0 Å². The topological polar surface area (TPSA) is 71.2 Å². The standard InChI is InChI=1S/C23H42N2O3/c1-2-3-4-5-6-7-8-9-10-11-12-13-14-15-16-17-23(27)28-21-19-25-22-24-18-20-26/h9-10,26H,2-8,11-21H2,1H3/b10-9-. The van der Waals surface area contributed by atoms with E-state index in [1.807, 2.05) is 0 Å². The van der Waals surface area contributed by atoms with Crippen LogP contribution in [0.25, 0.3) is 0 Å². The number of nitrogens with zero attached hydrogens (tertiary/aromatic N) is 2. The molecule has 0 fully saturated rings. The monoisotopic (exact) mass is 394 g/mol. The van der Waals surface area contributed by atoms with E-state index in [9.17, 15) is 4.79 Å². The molecule has 0 unspecified atom stereocenters. The molecule has 5 heteroatoms. The first-order valence-electron chi connectivity index (χ1n) is 11.3. The molecule has 162 valence electrons. The Hall–Kier alpha value is -1.45. The molecular weight excluding hydrogens is 352 g/mol. The third-order valence-electron chi connectivity index (χ3n) is 4.46. The molecule has 0 saturated heterocycles. The molecule has 0 rings (SSSR count). The number of hydrogen-bond donors (Lipinski definition) is 1. The van der Waals surface area contributed by atoms with E-state index in [0.717, 1.165) is 12.8 Å². The average Bonchev–Trinajstić information content (AvgIpc) is 2.70. The lowest BCUT2D eigenvalue weighted by molar-refractivity contribution is -0.143. The van der Waals surface area contributed by atoms with Gasteiger partial charge in [0.25, 0.3) is 0 Å². The number of unbranched alkanes of at least 4 members (excludes halogenated alkanes) is 11. The zero-order valence-corrected chi connectivity index (χ0v) is 18.0. The summed E-state index contributed by atoms with van der Waals surface area (Å²) < 4.78 is 5.09. The van der Waals surface area contributed by atoms with E-state index in [1.54, 1.807) is 0 Å². The van der Waals surface area contributed by atoms with Gasteiger partial charge in [-0.25, -0.2) is 9.98 Å². The van der Waals surface area contributed by atoms with Crippen molar-refractivity contribution in [2.45, 2.75) is 96.8 Å². The van der Waals surface area contributed by atoms with Crippen molar-refractivity contribution >= 4 is 12.0 Å². The number of aliphatic hydroxyl groups is 1. The third-order valence-corrected chi connectivity index (χ3v) is 4.46. The number of ether oxygens (including phenoxy) is 1. The van der Waals surface area contributed by atoms with E-state index in [1.165, 1.54) is 70.6 Å². The second-order valence-electron chi connectivity index (χ2n) is 7.14. The number of esters is 1. The highest BCUT2D eigenvalue weighted by Crippen LogP contribution is 2.10. The number of allylic oxidation sites excluding steroid dienone is 2. The Morgan fingerprint density at radius 3 is 2.07 bits per heavy atom. The summed E-state index contributed by atoms with van der Waals surface area (Å²) in [6, 6.07) is 2.45. The molecule has 0 atom stereocenters. The van der Waals surface area contributed by atoms with Crippen LogP contribution in [-0.2, 0) is 9.53 Å². The van der Waals surface area contributed by atoms with Gasteiger partial charge in [-0.15, -0.1) is 0 Å². The van der Waals surface area contributed by atoms with Crippen LogP contribution in [0.4, 0.5) is 0 Å². The summed E-state index contributed by atoms with van der Waals surface area (Å²) in [6.45, 7) is 3.19. The second kappa shape index (κ2) is 23.6. The molecule has 5 nitrogen and oxygen atoms in total. The smallest absolute Gasteiger partial charge is 0.305 e. The van der Waals surface area contributed by atoms with Gasteiger partial charge in [-0.05, 0) is 32.1 Å². The Labute approximate surface area is 172 Å². The SMILES string of the molecule is CCCCCCCC/C=C\CCCCCCCC(=O)OCCN=C=NCCO. The highest BCUT2D eigenvalue weighted by Gasteiger charge is 2.01. The van der Waals surface area contributed by atoms with Crippen molar-refractivity contribution in [1.29, 1.82) is 0 Å². The Balaban J connectivity index is 3.28. The van der Waals surface area contributed by atoms with Gasteiger partial charge in [-0.2, -0.15) is 0 Å². The zero-order valence-electron chi connectivity index (χ0n) is 18.0. The van der Waals surface area contributed by atoms with Crippen LogP contribution in [0.2, 0.25) is 0 Å². The predicted molar refractivity (Wildman–Crippen MR) is 117 cm³/mol. The molecule has 0 aliphatic carbocycles. The molecule has 0 bridgehead atoms. The molecule has 0 radical (unpaired) electrons. The molecule has 1 N–H and O–H groups in total. The number of carbonyl (C=O) groups is 1. The van der Waals surface area contributed by atoms with Crippen LogP contribution in [-0.4, -0.2) is 43.4 Å². The van der Waals surface area contributed by atoms with E-state index >= 15 is 0 Å². The van der Waals surface area contributed by atoms with Gasteiger partial charge in [0.2, 0.25) is 0 Å². The zero-order chi connectivity index (χ0) is 20.5. The highest BCUT2D eigenvalue weighted by molar-refractivity contribution is 5.69. The highest BCUT2D eigenvalue weighted by atomic mass is 16.5. The van der Waals surface area contributed by atoms with E-state index in [2.05, 4.69) is 35.1 Å². The van der Waals surface area contributed by atoms with Crippen molar-refractivity contribution in [3.8, 4) is 0 Å². The molecule has 0 aliphatic rings. The minimum atomic E-state index is -0.153. The third kappa shape index (κ3) is 22.6. The number of aliphatic hydroxyl groups excluding tert-OH is 1. The summed E-state index contributed by atoms with van der Waals surface area (Å²) in [5.41, 5.74) is 0. The number of aliphatic imine (C=N–C) groups is 2. The van der Waals surface area contributed by atoms with Crippen molar-refractivity contribution in [2.24, 2.45) is 9.98 Å². The minimum absolute atomic E-state index is 0.00649. The molecule has 0 heterocycles. The van der Waals surface area contributed by atoms with Crippen LogP contribution in [0.3, 0.4) is 0 Å². The first-order chi connectivity index (χ1) is 13.8. The lowest BCUT2D eigenvalue weighted by atomic mass is 10.1. The Kier molecular flexibility index (Phi) is 22.4. The first kappa shape index (κ1) is 26.6. The fourth-order valence-corrected chi connectivity index (χ4v) is 2.82. The van der Waals surface area contributed by atoms with Gasteiger partial charge >= 0.3 is 5.97 Å². The maximum absolute atomic E-state index is 11.6. The van der Waals surface area contributed by atoms with Crippen LogP contribution in [0.1, 0.15) is 96.8 Å². The molecular formula is C23H42N2O3. The summed E-state index contributed by atoms with van der Waals surface area (Å²) >= 11 is 0. The van der Waals surface area contributed by atoms with Crippen molar-refractivity contribution in [1.82, 2.24) is 0 Å². The van der Waals surface area contributed by atoms with Gasteiger partial charge < -0.3 is 9.84 Å². The van der Waals surface area contributed by atoms with Crippen LogP contribution in [0.15, 0.2) is 22.1 Å². The molecule has 0 aliphatic heterocycles. The van der Waals surface area contributed by atoms with Gasteiger partial charge in [-0.1, -0.05) is 70.4 Å². The van der Waals surface area contributed by atoms with E-state index in [4.69, 9.17) is 9.84 Å². The summed E-state index contributed by atoms with van der Waals surface area (Å²) in [5, 5.41) is 8.52. The van der Waals surface area contributed by atoms with Gasteiger partial charge in [0.15, 0.2) is 0 Å². The minimum Gasteiger partial charge on any atom is -0.464 e. The average molecular weight is 395 g/mol. The maximum Gasteiger partial charge on any atom is 0.305 e. The second-order valence-corrected chi connectivity index (χ2v) is 7.14. The molecule has 0 saturated carbocycles. The fourth-order valence-electron chi connectivity index (χ4n) is 2.82. The Morgan fingerprint density at radius 2 is 1.43 bits per heavy atom. The summed E-state index contributed by atoms with van der Waals surface area (Å²) in [7, 11) is 0. The molecule has 0 aromatic rings. The molecule has 0 spiro atoms. The fraction of sp³-hybridized carbons (Fsp3) is 0.826. The molecule has 0 aromatic carbocycles. The van der Waals surface area contributed by atoms with Crippen molar-refractivity contribution in [3.05, 3.63) is 12.2 Å².